The summed E-state index contributed by atoms with van der Waals surface area (Å²) in [6.45, 7) is 2.95. The maximum Gasteiger partial charge on any atom is 0.163 e. The number of hydrogen-bond donors (Lipinski definition) is 3. The number of ether oxygens (including phenoxy) is 1. The number of allylic oxidation sites excluding steroid dienone is 2. The van der Waals surface area contributed by atoms with Gasteiger partial charge in [-0.05, 0) is 78.6 Å². The highest BCUT2D eigenvalue weighted by molar-refractivity contribution is 8.76. The molecular formula is C35H42N4O4S2. The zero-order valence-electron chi connectivity index (χ0n) is 26.0. The van der Waals surface area contributed by atoms with E-state index in [9.17, 15) is 14.7 Å². The number of hydrogen-bond acceptors (Lipinski definition) is 10. The molecule has 45 heavy (non-hydrogen) atoms. The number of phenolic OH excluding ortho intramolecular Hbond substituents is 1. The predicted molar refractivity (Wildman–Crippen MR) is 183 cm³/mol. The van der Waals surface area contributed by atoms with Gasteiger partial charge in [0.25, 0.3) is 0 Å². The number of nitrogens with two attached hydrogens (primary N) is 1. The molecule has 2 aromatic rings. The first kappa shape index (κ1) is 31.6. The summed E-state index contributed by atoms with van der Waals surface area (Å²) in [5.41, 5.74) is 11.4. The summed E-state index contributed by atoms with van der Waals surface area (Å²) in [6.07, 6.45) is 17.6. The van der Waals surface area contributed by atoms with Crippen LogP contribution in [0.4, 0.5) is 5.82 Å². The minimum atomic E-state index is -0.229. The molecule has 8 nitrogen and oxygen atoms in total. The van der Waals surface area contributed by atoms with E-state index in [4.69, 9.17) is 15.5 Å². The number of benzene rings is 1. The number of aromatic nitrogens is 1. The van der Waals surface area contributed by atoms with Crippen LogP contribution >= 0.6 is 21.6 Å². The van der Waals surface area contributed by atoms with Crippen molar-refractivity contribution in [2.45, 2.75) is 69.1 Å². The van der Waals surface area contributed by atoms with Crippen molar-refractivity contribution in [2.24, 2.45) is 11.8 Å². The van der Waals surface area contributed by atoms with Crippen LogP contribution in [0.3, 0.4) is 0 Å². The summed E-state index contributed by atoms with van der Waals surface area (Å²) in [5.74, 6) is 2.30. The van der Waals surface area contributed by atoms with E-state index >= 15 is 0 Å². The highest BCUT2D eigenvalue weighted by atomic mass is 33.1. The van der Waals surface area contributed by atoms with E-state index in [1.165, 1.54) is 18.9 Å². The minimum absolute atomic E-state index is 0.0229. The van der Waals surface area contributed by atoms with Crippen LogP contribution in [0.15, 0.2) is 54.5 Å². The van der Waals surface area contributed by atoms with Crippen LogP contribution in [0.2, 0.25) is 0 Å². The SMILES string of the molecule is CCC1CCC(=O)CC(=O)C=Cc2cc(OC)c(O)cc2Cc2cnc(N)c(c2)C(C23CCCC2C=CC2=CNCN23)SSC1. The number of ketones is 2. The molecule has 4 N–H and O–H groups in total. The van der Waals surface area contributed by atoms with Gasteiger partial charge in [-0.2, -0.15) is 0 Å². The van der Waals surface area contributed by atoms with Crippen molar-refractivity contribution < 1.29 is 19.4 Å². The van der Waals surface area contributed by atoms with Gasteiger partial charge in [0.1, 0.15) is 11.6 Å². The zero-order valence-corrected chi connectivity index (χ0v) is 27.6. The van der Waals surface area contributed by atoms with Crippen LogP contribution in [0.25, 0.3) is 6.08 Å². The molecular weight excluding hydrogens is 605 g/mol. The van der Waals surface area contributed by atoms with Crippen LogP contribution in [0, 0.1) is 11.8 Å². The standard InChI is InChI=1S/C35H42N4O4S2/c1-3-22-6-10-28(40)17-29(41)11-7-24-16-32(43-2)31(42)15-25(24)13-23-14-30(34(36)38-18-23)33(45-44-20-22)35-12-4-5-26(35)8-9-27-19-37-21-39(27)35/h7-9,11,14-16,18-19,22,26,33,37,42H,3-6,10,12-13,17,20-21H2,1-2H3,(H2,36,38). The molecule has 10 heteroatoms. The lowest BCUT2D eigenvalue weighted by molar-refractivity contribution is -0.124. The molecule has 4 atom stereocenters. The summed E-state index contributed by atoms with van der Waals surface area (Å²) < 4.78 is 5.38. The Morgan fingerprint density at radius 2 is 2.04 bits per heavy atom. The maximum atomic E-state index is 12.8. The van der Waals surface area contributed by atoms with E-state index in [-0.39, 0.29) is 34.5 Å². The van der Waals surface area contributed by atoms with Crippen LogP contribution in [0.1, 0.15) is 79.4 Å². The molecule has 1 aromatic carbocycles. The van der Waals surface area contributed by atoms with E-state index in [2.05, 4.69) is 41.6 Å². The van der Waals surface area contributed by atoms with Crippen LogP contribution in [-0.4, -0.2) is 51.6 Å². The fraction of sp³-hybridized carbons (Fsp3) is 0.457. The lowest BCUT2D eigenvalue weighted by Gasteiger charge is -2.51. The summed E-state index contributed by atoms with van der Waals surface area (Å²) in [5, 5.41) is 14.2. The predicted octanol–water partition coefficient (Wildman–Crippen LogP) is 6.57. The molecule has 0 spiro atoms. The summed E-state index contributed by atoms with van der Waals surface area (Å²) >= 11 is 0. The minimum Gasteiger partial charge on any atom is -0.504 e. The normalized spacial score (nSPS) is 27.1. The Hall–Kier alpha value is -3.37. The molecule has 4 aliphatic rings. The van der Waals surface area contributed by atoms with Crippen molar-refractivity contribution in [3.05, 3.63) is 76.8 Å². The van der Waals surface area contributed by atoms with Gasteiger partial charge in [-0.15, -0.1) is 0 Å². The fourth-order valence-corrected chi connectivity index (χ4v) is 11.0. The number of aromatic hydroxyl groups is 1. The highest BCUT2D eigenvalue weighted by Crippen LogP contribution is 2.60. The Bertz CT molecular complexity index is 1560. The van der Waals surface area contributed by atoms with Crippen molar-refractivity contribution in [3.63, 3.8) is 0 Å². The Balaban J connectivity index is 1.45. The molecule has 2 bridgehead atoms. The lowest BCUT2D eigenvalue weighted by Crippen LogP contribution is -2.55. The number of nitrogens with one attached hydrogen (secondary N) is 1. The first-order valence-corrected chi connectivity index (χ1v) is 18.2. The van der Waals surface area contributed by atoms with E-state index < -0.39 is 0 Å². The fourth-order valence-electron chi connectivity index (χ4n) is 7.32. The van der Waals surface area contributed by atoms with Crippen LogP contribution < -0.4 is 15.8 Å². The van der Waals surface area contributed by atoms with Gasteiger partial charge in [0.05, 0.1) is 36.7 Å². The Morgan fingerprint density at radius 3 is 2.87 bits per heavy atom. The van der Waals surface area contributed by atoms with Gasteiger partial charge in [0.15, 0.2) is 17.3 Å². The number of fused-ring (bicyclic) bond motifs is 6. The zero-order chi connectivity index (χ0) is 31.6. The van der Waals surface area contributed by atoms with E-state index in [1.807, 2.05) is 27.8 Å². The average molecular weight is 647 g/mol. The Labute approximate surface area is 273 Å². The molecule has 0 saturated heterocycles. The van der Waals surface area contributed by atoms with E-state index in [0.29, 0.717) is 36.2 Å². The summed E-state index contributed by atoms with van der Waals surface area (Å²) in [6, 6.07) is 5.61. The Kier molecular flexibility index (Phi) is 9.52. The van der Waals surface area contributed by atoms with E-state index in [0.717, 1.165) is 66.8 Å². The molecule has 1 saturated carbocycles. The van der Waals surface area contributed by atoms with Crippen molar-refractivity contribution in [1.82, 2.24) is 15.2 Å². The van der Waals surface area contributed by atoms with Crippen LogP contribution in [0.5, 0.6) is 11.5 Å². The number of Topliss-reactive ketones (excluding diaryl/α,β-unsaturated/α-hetero) is 1. The van der Waals surface area contributed by atoms with Gasteiger partial charge in [0, 0.05) is 36.1 Å². The molecule has 0 radical (unpaired) electrons. The molecule has 238 valence electrons. The van der Waals surface area contributed by atoms with Gasteiger partial charge in [-0.1, -0.05) is 53.5 Å². The molecule has 6 rings (SSSR count). The molecule has 4 unspecified atom stereocenters. The topological polar surface area (TPSA) is 118 Å². The van der Waals surface area contributed by atoms with E-state index in [1.54, 1.807) is 18.2 Å². The van der Waals surface area contributed by atoms with Crippen LogP contribution in [-0.2, 0) is 16.0 Å². The number of phenols is 1. The van der Waals surface area contributed by atoms with Gasteiger partial charge in [-0.25, -0.2) is 4.98 Å². The third-order valence-corrected chi connectivity index (χ3v) is 12.8. The molecule has 1 fully saturated rings. The van der Waals surface area contributed by atoms with Crippen molar-refractivity contribution in [3.8, 4) is 11.5 Å². The number of methoxy groups -OCH3 is 1. The van der Waals surface area contributed by atoms with Gasteiger partial charge in [0.2, 0.25) is 0 Å². The maximum absolute atomic E-state index is 12.8. The number of pyridine rings is 1. The van der Waals surface area contributed by atoms with Crippen molar-refractivity contribution >= 4 is 45.0 Å². The van der Waals surface area contributed by atoms with Crippen molar-refractivity contribution in [1.29, 1.82) is 0 Å². The van der Waals surface area contributed by atoms with Crippen molar-refractivity contribution in [2.75, 3.05) is 25.3 Å². The Morgan fingerprint density at radius 1 is 1.18 bits per heavy atom. The average Bonchev–Trinajstić information content (AvgIpc) is 3.69. The summed E-state index contributed by atoms with van der Waals surface area (Å²) in [7, 11) is 5.26. The lowest BCUT2D eigenvalue weighted by atomic mass is 9.76. The second kappa shape index (κ2) is 13.5. The molecule has 0 amide bonds. The monoisotopic (exact) mass is 646 g/mol. The highest BCUT2D eigenvalue weighted by Gasteiger charge is 2.55. The van der Waals surface area contributed by atoms with Gasteiger partial charge in [-0.3, -0.25) is 9.59 Å². The quantitative estimate of drug-likeness (QED) is 0.250. The van der Waals surface area contributed by atoms with Gasteiger partial charge >= 0.3 is 0 Å². The molecule has 4 heterocycles. The molecule has 1 aliphatic carbocycles. The van der Waals surface area contributed by atoms with Gasteiger partial charge < -0.3 is 25.8 Å². The number of nitrogens with zero attached hydrogens (tertiary/aromatic N) is 2. The first-order chi connectivity index (χ1) is 21.8. The number of nitrogen functional groups attached to an aromatic ring is 1. The largest absolute Gasteiger partial charge is 0.504 e. The first-order valence-electron chi connectivity index (χ1n) is 15.9. The molecule has 1 aromatic heterocycles. The molecule has 3 aliphatic heterocycles. The third-order valence-electron chi connectivity index (χ3n) is 9.82. The number of anilines is 1. The number of carbonyl (C=O) groups is 2. The second-order valence-electron chi connectivity index (χ2n) is 12.5. The third kappa shape index (κ3) is 6.36. The number of carbonyl (C=O) groups excluding carboxylic acids is 2. The summed E-state index contributed by atoms with van der Waals surface area (Å²) in [4.78, 5) is 32.9. The second-order valence-corrected chi connectivity index (χ2v) is 15.0. The smallest absolute Gasteiger partial charge is 0.163 e. The number of rotatable bonds is 3.